The highest BCUT2D eigenvalue weighted by Gasteiger charge is 2.40. The summed E-state index contributed by atoms with van der Waals surface area (Å²) in [5, 5.41) is 14.2. The lowest BCUT2D eigenvalue weighted by Gasteiger charge is -2.35. The average molecular weight is 337 g/mol. The van der Waals surface area contributed by atoms with E-state index in [1.807, 2.05) is 17.4 Å². The van der Waals surface area contributed by atoms with Crippen molar-refractivity contribution in [2.24, 2.45) is 5.92 Å². The highest BCUT2D eigenvalue weighted by atomic mass is 32.1. The van der Waals surface area contributed by atoms with Crippen LogP contribution in [-0.2, 0) is 11.2 Å². The summed E-state index contributed by atoms with van der Waals surface area (Å²) in [4.78, 5) is 16.3. The smallest absolute Gasteiger partial charge is 0.238 e. The third-order valence-corrected chi connectivity index (χ3v) is 5.85. The number of hydrogen-bond acceptors (Lipinski definition) is 4. The van der Waals surface area contributed by atoms with Crippen LogP contribution in [0.3, 0.4) is 0 Å². The summed E-state index contributed by atoms with van der Waals surface area (Å²) in [5.74, 6) is 0.653. The molecule has 24 heavy (non-hydrogen) atoms. The van der Waals surface area contributed by atoms with Crippen molar-refractivity contribution in [3.05, 3.63) is 51.7 Å². The molecule has 0 unspecified atom stereocenters. The van der Waals surface area contributed by atoms with Gasteiger partial charge in [-0.1, -0.05) is 12.1 Å². The molecule has 0 saturated heterocycles. The summed E-state index contributed by atoms with van der Waals surface area (Å²) >= 11 is 1.84. The molecule has 4 nitrogen and oxygen atoms in total. The number of thiophene rings is 1. The minimum Gasteiger partial charge on any atom is -0.324 e. The van der Waals surface area contributed by atoms with Crippen molar-refractivity contribution in [1.82, 2.24) is 4.90 Å². The molecule has 2 heterocycles. The number of rotatable bonds is 4. The molecule has 1 aliphatic carbocycles. The molecular weight excluding hydrogens is 318 g/mol. The Hall–Kier alpha value is -2.16. The first-order chi connectivity index (χ1) is 11.8. The van der Waals surface area contributed by atoms with Gasteiger partial charge >= 0.3 is 0 Å². The van der Waals surface area contributed by atoms with Gasteiger partial charge in [0.1, 0.15) is 6.07 Å². The molecule has 1 amide bonds. The zero-order valence-electron chi connectivity index (χ0n) is 13.4. The fraction of sp³-hybridized carbons (Fsp3) is 0.368. The summed E-state index contributed by atoms with van der Waals surface area (Å²) in [6, 6.07) is 11.9. The number of carbonyl (C=O) groups excluding carboxylic acids is 1. The monoisotopic (exact) mass is 337 g/mol. The van der Waals surface area contributed by atoms with Gasteiger partial charge in [0.15, 0.2) is 0 Å². The Kier molecular flexibility index (Phi) is 4.09. The molecule has 1 aromatic heterocycles. The van der Waals surface area contributed by atoms with E-state index < -0.39 is 0 Å². The van der Waals surface area contributed by atoms with Gasteiger partial charge < -0.3 is 5.32 Å². The highest BCUT2D eigenvalue weighted by molar-refractivity contribution is 7.10. The summed E-state index contributed by atoms with van der Waals surface area (Å²) < 4.78 is 0. The number of carbonyl (C=O) groups is 1. The van der Waals surface area contributed by atoms with Crippen molar-refractivity contribution in [2.45, 2.75) is 25.3 Å². The zero-order valence-corrected chi connectivity index (χ0v) is 14.2. The first-order valence-corrected chi connectivity index (χ1v) is 9.23. The first kappa shape index (κ1) is 15.4. The van der Waals surface area contributed by atoms with Crippen molar-refractivity contribution in [3.63, 3.8) is 0 Å². The molecule has 2 aliphatic rings. The van der Waals surface area contributed by atoms with Crippen molar-refractivity contribution in [1.29, 1.82) is 5.26 Å². The minimum absolute atomic E-state index is 0.0398. The van der Waals surface area contributed by atoms with Crippen LogP contribution in [0.2, 0.25) is 0 Å². The second-order valence-electron chi connectivity index (χ2n) is 6.51. The number of nitrogens with zero attached hydrogens (tertiary/aromatic N) is 2. The first-order valence-electron chi connectivity index (χ1n) is 8.35. The lowest BCUT2D eigenvalue weighted by atomic mass is 9.96. The van der Waals surface area contributed by atoms with Gasteiger partial charge in [-0.15, -0.1) is 11.3 Å². The standard InChI is InChI=1S/C19H19N3OS/c20-11-14-3-1-2-4-16(14)21-18(23)12-22-9-7-17-15(8-10-24-17)19(22)13-5-6-13/h1-4,8,10,13,19H,5-7,9,12H2,(H,21,23)/t19-/m1/s1. The topological polar surface area (TPSA) is 56.1 Å². The molecule has 1 fully saturated rings. The third-order valence-electron chi connectivity index (χ3n) is 4.85. The fourth-order valence-electron chi connectivity index (χ4n) is 3.60. The van der Waals surface area contributed by atoms with Gasteiger partial charge in [-0.25, -0.2) is 0 Å². The van der Waals surface area contributed by atoms with Crippen LogP contribution in [0.15, 0.2) is 35.7 Å². The van der Waals surface area contributed by atoms with Crippen LogP contribution in [0, 0.1) is 17.2 Å². The predicted molar refractivity (Wildman–Crippen MR) is 94.8 cm³/mol. The van der Waals surface area contributed by atoms with Gasteiger partial charge in [-0.3, -0.25) is 9.69 Å². The Morgan fingerprint density at radius 3 is 2.96 bits per heavy atom. The number of benzene rings is 1. The van der Waals surface area contributed by atoms with Crippen LogP contribution >= 0.6 is 11.3 Å². The second-order valence-corrected chi connectivity index (χ2v) is 7.51. The SMILES string of the molecule is N#Cc1ccccc1NC(=O)CN1CCc2sccc2[C@H]1C1CC1. The molecule has 1 aliphatic heterocycles. The maximum atomic E-state index is 12.5. The minimum atomic E-state index is -0.0398. The van der Waals surface area contributed by atoms with Crippen LogP contribution < -0.4 is 5.32 Å². The average Bonchev–Trinajstić information content (AvgIpc) is 3.31. The molecule has 0 bridgehead atoms. The zero-order chi connectivity index (χ0) is 16.5. The molecule has 1 atom stereocenters. The summed E-state index contributed by atoms with van der Waals surface area (Å²) in [5.41, 5.74) is 2.53. The molecule has 0 radical (unpaired) electrons. The van der Waals surface area contributed by atoms with E-state index in [9.17, 15) is 4.79 Å². The molecule has 122 valence electrons. The number of anilines is 1. The largest absolute Gasteiger partial charge is 0.324 e. The molecule has 4 rings (SSSR count). The van der Waals surface area contributed by atoms with E-state index in [4.69, 9.17) is 5.26 Å². The van der Waals surface area contributed by atoms with E-state index in [2.05, 4.69) is 27.7 Å². The summed E-state index contributed by atoms with van der Waals surface area (Å²) in [6.07, 6.45) is 3.54. The summed E-state index contributed by atoms with van der Waals surface area (Å²) in [6.45, 7) is 1.32. The molecule has 1 N–H and O–H groups in total. The van der Waals surface area contributed by atoms with E-state index in [-0.39, 0.29) is 5.91 Å². The van der Waals surface area contributed by atoms with Gasteiger partial charge in [0, 0.05) is 17.5 Å². The number of hydrogen-bond donors (Lipinski definition) is 1. The van der Waals surface area contributed by atoms with Crippen molar-refractivity contribution in [3.8, 4) is 6.07 Å². The van der Waals surface area contributed by atoms with Gasteiger partial charge in [0.2, 0.25) is 5.91 Å². The number of nitrogens with one attached hydrogen (secondary N) is 1. The predicted octanol–water partition coefficient (Wildman–Crippen LogP) is 3.57. The van der Waals surface area contributed by atoms with Crippen LogP contribution in [0.25, 0.3) is 0 Å². The van der Waals surface area contributed by atoms with Crippen LogP contribution in [0.4, 0.5) is 5.69 Å². The highest BCUT2D eigenvalue weighted by Crippen LogP contribution is 2.48. The number of fused-ring (bicyclic) bond motifs is 1. The van der Waals surface area contributed by atoms with Gasteiger partial charge in [0.25, 0.3) is 0 Å². The Morgan fingerprint density at radius 2 is 2.17 bits per heavy atom. The Balaban J connectivity index is 1.48. The molecule has 1 aromatic carbocycles. The third kappa shape index (κ3) is 2.95. The van der Waals surface area contributed by atoms with Crippen LogP contribution in [0.5, 0.6) is 0 Å². The maximum absolute atomic E-state index is 12.5. The van der Waals surface area contributed by atoms with Crippen molar-refractivity contribution < 1.29 is 4.79 Å². The molecule has 0 spiro atoms. The summed E-state index contributed by atoms with van der Waals surface area (Å²) in [7, 11) is 0. The van der Waals surface area contributed by atoms with E-state index in [0.717, 1.165) is 13.0 Å². The molecule has 2 aromatic rings. The van der Waals surface area contributed by atoms with Gasteiger partial charge in [-0.2, -0.15) is 5.26 Å². The Labute approximate surface area is 145 Å². The van der Waals surface area contributed by atoms with Gasteiger partial charge in [-0.05, 0) is 54.3 Å². The van der Waals surface area contributed by atoms with E-state index in [1.54, 1.807) is 18.2 Å². The number of amides is 1. The lowest BCUT2D eigenvalue weighted by molar-refractivity contribution is -0.118. The molecular formula is C19H19N3OS. The Morgan fingerprint density at radius 1 is 1.33 bits per heavy atom. The van der Waals surface area contributed by atoms with E-state index >= 15 is 0 Å². The van der Waals surface area contributed by atoms with E-state index in [0.29, 0.717) is 29.8 Å². The van der Waals surface area contributed by atoms with Crippen LogP contribution in [0.1, 0.15) is 34.9 Å². The van der Waals surface area contributed by atoms with E-state index in [1.165, 1.54) is 23.3 Å². The van der Waals surface area contributed by atoms with Crippen LogP contribution in [-0.4, -0.2) is 23.9 Å². The fourth-order valence-corrected chi connectivity index (χ4v) is 4.52. The lowest BCUT2D eigenvalue weighted by Crippen LogP contribution is -2.41. The van der Waals surface area contributed by atoms with Crippen molar-refractivity contribution >= 4 is 22.9 Å². The molecule has 1 saturated carbocycles. The quantitative estimate of drug-likeness (QED) is 0.928. The second kappa shape index (κ2) is 6.39. The normalized spacial score (nSPS) is 20.2. The van der Waals surface area contributed by atoms with Gasteiger partial charge in [0.05, 0.1) is 17.8 Å². The molecule has 5 heteroatoms. The number of para-hydroxylation sites is 1. The van der Waals surface area contributed by atoms with Crippen molar-refractivity contribution in [2.75, 3.05) is 18.4 Å². The maximum Gasteiger partial charge on any atom is 0.238 e. The number of nitriles is 1. The Bertz CT molecular complexity index is 803.